The van der Waals surface area contributed by atoms with Gasteiger partial charge in [0.2, 0.25) is 0 Å². The van der Waals surface area contributed by atoms with E-state index >= 15 is 0 Å². The molecule has 1 aliphatic rings. The summed E-state index contributed by atoms with van der Waals surface area (Å²) in [5.74, 6) is 0. The Morgan fingerprint density at radius 1 is 1.47 bits per heavy atom. The molecule has 5 nitrogen and oxygen atoms in total. The van der Waals surface area contributed by atoms with Crippen LogP contribution >= 0.6 is 22.9 Å². The standard InChI is InChI=1S/C9H11ClN2O3S2/c1-9(2,3)15-8-11-5-4-6(10)16-7(5)17(13,14)12-8/h4H,1-3H3,(H,11,12). The molecule has 17 heavy (non-hydrogen) atoms. The highest BCUT2D eigenvalue weighted by Crippen LogP contribution is 2.38. The Bertz CT molecular complexity index is 584. The number of hydrogen-bond acceptors (Lipinski definition) is 5. The van der Waals surface area contributed by atoms with Gasteiger partial charge < -0.3 is 10.1 Å². The molecule has 1 aromatic rings. The second kappa shape index (κ2) is 3.86. The fourth-order valence-corrected chi connectivity index (χ4v) is 3.87. The van der Waals surface area contributed by atoms with Crippen LogP contribution in [-0.2, 0) is 14.8 Å². The molecule has 0 amide bonds. The van der Waals surface area contributed by atoms with Gasteiger partial charge in [-0.3, -0.25) is 0 Å². The van der Waals surface area contributed by atoms with Crippen LogP contribution in [0.15, 0.2) is 14.7 Å². The Morgan fingerprint density at radius 2 is 2.12 bits per heavy atom. The fourth-order valence-electron chi connectivity index (χ4n) is 1.25. The van der Waals surface area contributed by atoms with Crippen molar-refractivity contribution in [2.45, 2.75) is 30.6 Å². The van der Waals surface area contributed by atoms with Crippen molar-refractivity contribution < 1.29 is 13.2 Å². The third kappa shape index (κ3) is 2.72. The average Bonchev–Trinajstić information content (AvgIpc) is 2.41. The first-order chi connectivity index (χ1) is 7.67. The number of thiophene rings is 1. The first-order valence-electron chi connectivity index (χ1n) is 4.78. The highest BCUT2D eigenvalue weighted by molar-refractivity contribution is 7.92. The van der Waals surface area contributed by atoms with Crippen molar-refractivity contribution >= 4 is 44.7 Å². The second-order valence-corrected chi connectivity index (χ2v) is 7.95. The van der Waals surface area contributed by atoms with Gasteiger partial charge in [-0.1, -0.05) is 11.6 Å². The van der Waals surface area contributed by atoms with Crippen molar-refractivity contribution in [1.82, 2.24) is 0 Å². The molecule has 0 atom stereocenters. The third-order valence-corrected chi connectivity index (χ3v) is 4.79. The summed E-state index contributed by atoms with van der Waals surface area (Å²) in [4.78, 5) is 0. The van der Waals surface area contributed by atoms with E-state index in [0.29, 0.717) is 10.0 Å². The summed E-state index contributed by atoms with van der Waals surface area (Å²) in [6.45, 7) is 5.42. The molecule has 0 saturated heterocycles. The fraction of sp³-hybridized carbons (Fsp3) is 0.444. The van der Waals surface area contributed by atoms with Gasteiger partial charge in [0.1, 0.15) is 5.60 Å². The molecule has 94 valence electrons. The predicted octanol–water partition coefficient (Wildman–Crippen LogP) is 2.69. The van der Waals surface area contributed by atoms with Gasteiger partial charge in [-0.05, 0) is 26.8 Å². The van der Waals surface area contributed by atoms with Gasteiger partial charge in [0.25, 0.3) is 10.0 Å². The Kier molecular flexibility index (Phi) is 2.87. The molecule has 1 N–H and O–H groups in total. The summed E-state index contributed by atoms with van der Waals surface area (Å²) in [5, 5.41) is 2.80. The van der Waals surface area contributed by atoms with Crippen LogP contribution in [0.1, 0.15) is 20.8 Å². The van der Waals surface area contributed by atoms with Crippen LogP contribution in [-0.4, -0.2) is 20.0 Å². The van der Waals surface area contributed by atoms with E-state index in [1.54, 1.807) is 26.8 Å². The molecule has 0 radical (unpaired) electrons. The quantitative estimate of drug-likeness (QED) is 0.799. The van der Waals surface area contributed by atoms with Gasteiger partial charge in [0, 0.05) is 0 Å². The van der Waals surface area contributed by atoms with E-state index in [1.165, 1.54) is 0 Å². The zero-order valence-electron chi connectivity index (χ0n) is 9.44. The van der Waals surface area contributed by atoms with Crippen LogP contribution in [0.3, 0.4) is 0 Å². The first-order valence-corrected chi connectivity index (χ1v) is 7.41. The number of halogens is 1. The number of anilines is 1. The summed E-state index contributed by atoms with van der Waals surface area (Å²) >= 11 is 6.75. The number of ether oxygens (including phenoxy) is 1. The number of fused-ring (bicyclic) bond motifs is 1. The lowest BCUT2D eigenvalue weighted by Crippen LogP contribution is -2.31. The van der Waals surface area contributed by atoms with Crippen LogP contribution in [0.25, 0.3) is 0 Å². The van der Waals surface area contributed by atoms with E-state index in [1.807, 2.05) is 0 Å². The molecule has 0 fully saturated rings. The molecule has 1 aromatic heterocycles. The zero-order chi connectivity index (χ0) is 12.8. The largest absolute Gasteiger partial charge is 0.459 e. The molecular weight excluding hydrogens is 284 g/mol. The normalized spacial score (nSPS) is 18.0. The second-order valence-electron chi connectivity index (χ2n) is 4.46. The maximum atomic E-state index is 11.8. The van der Waals surface area contributed by atoms with Crippen LogP contribution in [0.2, 0.25) is 4.34 Å². The number of nitrogens with zero attached hydrogens (tertiary/aromatic N) is 1. The van der Waals surface area contributed by atoms with Crippen LogP contribution < -0.4 is 5.32 Å². The van der Waals surface area contributed by atoms with E-state index in [2.05, 4.69) is 9.71 Å². The summed E-state index contributed by atoms with van der Waals surface area (Å²) in [5.41, 5.74) is -0.118. The van der Waals surface area contributed by atoms with Crippen LogP contribution in [0.5, 0.6) is 0 Å². The van der Waals surface area contributed by atoms with E-state index in [4.69, 9.17) is 16.3 Å². The van der Waals surface area contributed by atoms with Gasteiger partial charge in [0.15, 0.2) is 4.21 Å². The molecule has 0 bridgehead atoms. The maximum Gasteiger partial charge on any atom is 0.306 e. The lowest BCUT2D eigenvalue weighted by Gasteiger charge is -2.24. The van der Waals surface area contributed by atoms with Gasteiger partial charge in [-0.2, -0.15) is 8.42 Å². The Balaban J connectivity index is 2.41. The molecular formula is C9H11ClN2O3S2. The molecule has 2 rings (SSSR count). The Labute approximate surface area is 109 Å². The Hall–Kier alpha value is -0.790. The summed E-state index contributed by atoms with van der Waals surface area (Å²) in [6, 6.07) is 1.51. The summed E-state index contributed by atoms with van der Waals surface area (Å²) < 4.78 is 33.1. The molecule has 1 aliphatic heterocycles. The number of hydrogen-bond donors (Lipinski definition) is 1. The topological polar surface area (TPSA) is 67.8 Å². The van der Waals surface area contributed by atoms with Crippen molar-refractivity contribution in [3.05, 3.63) is 10.4 Å². The minimum absolute atomic E-state index is 0.0283. The molecule has 0 spiro atoms. The van der Waals surface area contributed by atoms with Crippen molar-refractivity contribution in [2.24, 2.45) is 4.40 Å². The van der Waals surface area contributed by atoms with Gasteiger partial charge >= 0.3 is 6.02 Å². The van der Waals surface area contributed by atoms with Crippen LogP contribution in [0, 0.1) is 0 Å². The Morgan fingerprint density at radius 3 is 2.71 bits per heavy atom. The van der Waals surface area contributed by atoms with Crippen molar-refractivity contribution in [3.63, 3.8) is 0 Å². The minimum Gasteiger partial charge on any atom is -0.459 e. The van der Waals surface area contributed by atoms with Crippen molar-refractivity contribution in [3.8, 4) is 0 Å². The first kappa shape index (κ1) is 12.7. The van der Waals surface area contributed by atoms with E-state index in [0.717, 1.165) is 11.3 Å². The molecule has 0 aromatic carbocycles. The number of sulfonamides is 1. The summed E-state index contributed by atoms with van der Waals surface area (Å²) in [6.07, 6.45) is 0. The number of rotatable bonds is 0. The smallest absolute Gasteiger partial charge is 0.306 e. The highest BCUT2D eigenvalue weighted by atomic mass is 35.5. The molecule has 8 heteroatoms. The molecule has 0 unspecified atom stereocenters. The molecule has 0 aliphatic carbocycles. The van der Waals surface area contributed by atoms with Crippen LogP contribution in [0.4, 0.5) is 5.69 Å². The van der Waals surface area contributed by atoms with E-state index in [-0.39, 0.29) is 10.2 Å². The maximum absolute atomic E-state index is 11.8. The zero-order valence-corrected chi connectivity index (χ0v) is 11.8. The van der Waals surface area contributed by atoms with E-state index < -0.39 is 15.6 Å². The molecule has 2 heterocycles. The van der Waals surface area contributed by atoms with E-state index in [9.17, 15) is 8.42 Å². The highest BCUT2D eigenvalue weighted by Gasteiger charge is 2.30. The minimum atomic E-state index is -3.71. The van der Waals surface area contributed by atoms with Gasteiger partial charge in [-0.25, -0.2) is 0 Å². The molecule has 0 saturated carbocycles. The summed E-state index contributed by atoms with van der Waals surface area (Å²) in [7, 11) is -3.71. The SMILES string of the molecule is CC(C)(C)OC1=NS(=O)(=O)c2sc(Cl)cc2N1. The number of amidine groups is 1. The van der Waals surface area contributed by atoms with Gasteiger partial charge in [-0.15, -0.1) is 15.7 Å². The lowest BCUT2D eigenvalue weighted by molar-refractivity contribution is 0.117. The monoisotopic (exact) mass is 294 g/mol. The lowest BCUT2D eigenvalue weighted by atomic mass is 10.2. The van der Waals surface area contributed by atoms with Gasteiger partial charge in [0.05, 0.1) is 10.0 Å². The number of nitrogens with one attached hydrogen (secondary N) is 1. The average molecular weight is 295 g/mol. The van der Waals surface area contributed by atoms with Crippen molar-refractivity contribution in [2.75, 3.05) is 5.32 Å². The predicted molar refractivity (Wildman–Crippen MR) is 68.4 cm³/mol. The third-order valence-electron chi connectivity index (χ3n) is 1.75. The van der Waals surface area contributed by atoms with Crippen molar-refractivity contribution in [1.29, 1.82) is 0 Å².